The molecule has 4 aromatic rings. The summed E-state index contributed by atoms with van der Waals surface area (Å²) >= 11 is 0. The molecule has 0 amide bonds. The number of halogens is 3. The second-order valence-corrected chi connectivity index (χ2v) is 8.47. The van der Waals surface area contributed by atoms with Gasteiger partial charge in [-0.2, -0.15) is 18.3 Å². The van der Waals surface area contributed by atoms with Gasteiger partial charge >= 0.3 is 6.18 Å². The van der Waals surface area contributed by atoms with E-state index in [0.29, 0.717) is 28.9 Å². The van der Waals surface area contributed by atoms with Crippen LogP contribution in [0.1, 0.15) is 29.9 Å². The molecule has 11 heteroatoms. The first-order valence-electron chi connectivity index (χ1n) is 10.5. The van der Waals surface area contributed by atoms with Gasteiger partial charge in [0.1, 0.15) is 34.6 Å². The highest BCUT2D eigenvalue weighted by Gasteiger charge is 2.36. The maximum Gasteiger partial charge on any atom is 0.433 e. The number of aliphatic hydroxyl groups is 1. The molecule has 0 radical (unpaired) electrons. The number of nitrogens with one attached hydrogen (secondary N) is 1. The molecule has 8 nitrogen and oxygen atoms in total. The van der Waals surface area contributed by atoms with Crippen molar-refractivity contribution in [2.24, 2.45) is 7.05 Å². The molecule has 0 saturated carbocycles. The highest BCUT2D eigenvalue weighted by Crippen LogP contribution is 2.38. The predicted molar refractivity (Wildman–Crippen MR) is 116 cm³/mol. The van der Waals surface area contributed by atoms with E-state index in [1.165, 1.54) is 0 Å². The van der Waals surface area contributed by atoms with Crippen molar-refractivity contribution in [2.45, 2.75) is 31.5 Å². The maximum atomic E-state index is 13.6. The molecule has 3 aromatic heterocycles. The number of anilines is 1. The molecule has 0 bridgehead atoms. The van der Waals surface area contributed by atoms with Gasteiger partial charge in [-0.25, -0.2) is 4.98 Å². The van der Waals surface area contributed by atoms with Crippen molar-refractivity contribution in [3.8, 4) is 11.3 Å². The van der Waals surface area contributed by atoms with Gasteiger partial charge in [0.25, 0.3) is 0 Å². The Morgan fingerprint density at radius 3 is 2.70 bits per heavy atom. The maximum absolute atomic E-state index is 13.6. The largest absolute Gasteiger partial charge is 0.433 e. The lowest BCUT2D eigenvalue weighted by molar-refractivity contribution is -0.140. The first-order chi connectivity index (χ1) is 15.7. The Labute approximate surface area is 187 Å². The highest BCUT2D eigenvalue weighted by atomic mass is 19.4. The van der Waals surface area contributed by atoms with Crippen molar-refractivity contribution in [1.29, 1.82) is 0 Å². The zero-order valence-corrected chi connectivity index (χ0v) is 18.0. The summed E-state index contributed by atoms with van der Waals surface area (Å²) in [5, 5.41) is 24.9. The van der Waals surface area contributed by atoms with Crippen LogP contribution < -0.4 is 4.90 Å². The van der Waals surface area contributed by atoms with E-state index in [0.717, 1.165) is 17.5 Å². The number of aliphatic hydroxyl groups excluding tert-OH is 1. The number of benzene rings is 1. The van der Waals surface area contributed by atoms with Gasteiger partial charge in [0.05, 0.1) is 11.8 Å². The molecule has 1 aromatic carbocycles. The quantitative estimate of drug-likeness (QED) is 0.478. The average Bonchev–Trinajstić information content (AvgIpc) is 3.36. The molecule has 2 N–H and O–H groups in total. The molecule has 1 aliphatic heterocycles. The smallest absolute Gasteiger partial charge is 0.389 e. The number of aromatic amines is 1. The molecular weight excluding hydrogens is 435 g/mol. The zero-order valence-electron chi connectivity index (χ0n) is 18.0. The monoisotopic (exact) mass is 457 g/mol. The third-order valence-corrected chi connectivity index (χ3v) is 6.02. The van der Waals surface area contributed by atoms with Crippen LogP contribution in [0.25, 0.3) is 22.3 Å². The molecule has 1 saturated heterocycles. The van der Waals surface area contributed by atoms with Crippen LogP contribution in [0.5, 0.6) is 0 Å². The van der Waals surface area contributed by atoms with Crippen LogP contribution in [0.3, 0.4) is 0 Å². The molecule has 1 fully saturated rings. The van der Waals surface area contributed by atoms with E-state index in [4.69, 9.17) is 0 Å². The minimum atomic E-state index is -4.60. The van der Waals surface area contributed by atoms with E-state index in [1.54, 1.807) is 11.2 Å². The Kier molecular flexibility index (Phi) is 5.08. The molecule has 1 atom stereocenters. The van der Waals surface area contributed by atoms with Crippen molar-refractivity contribution in [2.75, 3.05) is 18.0 Å². The van der Waals surface area contributed by atoms with E-state index in [9.17, 15) is 18.3 Å². The predicted octanol–water partition coefficient (Wildman–Crippen LogP) is 3.30. The topological polar surface area (TPSA) is 95.8 Å². The zero-order chi connectivity index (χ0) is 23.3. The highest BCUT2D eigenvalue weighted by molar-refractivity contribution is 5.97. The van der Waals surface area contributed by atoms with Crippen molar-refractivity contribution in [3.05, 3.63) is 53.7 Å². The summed E-state index contributed by atoms with van der Waals surface area (Å²) in [5.41, 5.74) is 1.95. The summed E-state index contributed by atoms with van der Waals surface area (Å²) < 4.78 is 42.7. The summed E-state index contributed by atoms with van der Waals surface area (Å²) in [4.78, 5) is 5.61. The van der Waals surface area contributed by atoms with Gasteiger partial charge in [-0.3, -0.25) is 5.10 Å². The molecule has 4 heterocycles. The van der Waals surface area contributed by atoms with Gasteiger partial charge < -0.3 is 14.6 Å². The lowest BCUT2D eigenvalue weighted by Gasteiger charge is -2.38. The van der Waals surface area contributed by atoms with E-state index < -0.39 is 18.0 Å². The number of aryl methyl sites for hydroxylation is 1. The number of fused-ring (bicyclic) bond motifs is 1. The molecule has 172 valence electrons. The standard InChI is InChI=1S/C22H22F3N7O/c1-12(6-18-28-26-11-31(18)2)13-4-3-5-14(7-13)19-21-20(30-29-19)16(32-9-15(33)10-32)8-17(27-21)22(23,24)25/h3-5,7-8,11-12,15,33H,6,9-10H2,1-2H3,(H,29,30)/t12-/m1/s1. The lowest BCUT2D eigenvalue weighted by Crippen LogP contribution is -2.51. The summed E-state index contributed by atoms with van der Waals surface area (Å²) in [6.07, 6.45) is -2.85. The fraction of sp³-hybridized carbons (Fsp3) is 0.364. The molecule has 33 heavy (non-hydrogen) atoms. The van der Waals surface area contributed by atoms with Crippen LogP contribution in [0, 0.1) is 0 Å². The Morgan fingerprint density at radius 1 is 1.24 bits per heavy atom. The van der Waals surface area contributed by atoms with Gasteiger partial charge in [-0.05, 0) is 23.6 Å². The SMILES string of the molecule is C[C@H](Cc1nncn1C)c1cccc(-c2n[nH]c3c(N4CC(O)C4)cc(C(F)(F)F)nc23)c1. The van der Waals surface area contributed by atoms with Crippen molar-refractivity contribution in [3.63, 3.8) is 0 Å². The van der Waals surface area contributed by atoms with Crippen molar-refractivity contribution < 1.29 is 18.3 Å². The summed E-state index contributed by atoms with van der Waals surface area (Å²) in [5.74, 6) is 0.950. The fourth-order valence-electron chi connectivity index (χ4n) is 4.10. The van der Waals surface area contributed by atoms with Gasteiger partial charge in [0.2, 0.25) is 0 Å². The number of β-amino-alcohol motifs (C(OH)–C–C–N with tert-alkyl or cyclic N) is 1. The Bertz CT molecular complexity index is 1310. The van der Waals surface area contributed by atoms with Crippen LogP contribution in [0.15, 0.2) is 36.7 Å². The second-order valence-electron chi connectivity index (χ2n) is 8.47. The van der Waals surface area contributed by atoms with Crippen molar-refractivity contribution >= 4 is 16.7 Å². The lowest BCUT2D eigenvalue weighted by atomic mass is 9.95. The van der Waals surface area contributed by atoms with Gasteiger partial charge in [0.15, 0.2) is 0 Å². The van der Waals surface area contributed by atoms with Crippen LogP contribution in [-0.2, 0) is 19.6 Å². The van der Waals surface area contributed by atoms with E-state index >= 15 is 0 Å². The molecule has 0 aliphatic carbocycles. The Morgan fingerprint density at radius 2 is 2.03 bits per heavy atom. The van der Waals surface area contributed by atoms with E-state index in [-0.39, 0.29) is 24.5 Å². The summed E-state index contributed by atoms with van der Waals surface area (Å²) in [7, 11) is 1.88. The summed E-state index contributed by atoms with van der Waals surface area (Å²) in [6, 6.07) is 8.57. The number of hydrogen-bond acceptors (Lipinski definition) is 6. The van der Waals surface area contributed by atoms with Crippen LogP contribution in [-0.4, -0.2) is 54.2 Å². The minimum Gasteiger partial charge on any atom is -0.389 e. The number of hydrogen-bond donors (Lipinski definition) is 2. The number of pyridine rings is 1. The van der Waals surface area contributed by atoms with Crippen LogP contribution >= 0.6 is 0 Å². The molecular formula is C22H22F3N7O. The summed E-state index contributed by atoms with van der Waals surface area (Å²) in [6.45, 7) is 2.59. The fourth-order valence-corrected chi connectivity index (χ4v) is 4.10. The van der Waals surface area contributed by atoms with Gasteiger partial charge in [-0.1, -0.05) is 25.1 Å². The number of aromatic nitrogens is 6. The third-order valence-electron chi connectivity index (χ3n) is 6.02. The van der Waals surface area contributed by atoms with Gasteiger partial charge in [0, 0.05) is 32.1 Å². The number of rotatable bonds is 5. The van der Waals surface area contributed by atoms with E-state index in [1.807, 2.05) is 35.9 Å². The number of nitrogens with zero attached hydrogens (tertiary/aromatic N) is 6. The van der Waals surface area contributed by atoms with Crippen LogP contribution in [0.2, 0.25) is 0 Å². The van der Waals surface area contributed by atoms with Gasteiger partial charge in [-0.15, -0.1) is 10.2 Å². The Balaban J connectivity index is 1.55. The molecule has 0 unspecified atom stereocenters. The van der Waals surface area contributed by atoms with Crippen molar-refractivity contribution in [1.82, 2.24) is 29.9 Å². The molecule has 1 aliphatic rings. The first-order valence-corrected chi connectivity index (χ1v) is 10.5. The average molecular weight is 457 g/mol. The Hall–Kier alpha value is -3.47. The first kappa shape index (κ1) is 21.4. The van der Waals surface area contributed by atoms with E-state index in [2.05, 4.69) is 32.3 Å². The molecule has 5 rings (SSSR count). The number of alkyl halides is 3. The molecule has 0 spiro atoms. The number of H-pyrrole nitrogens is 1. The third kappa shape index (κ3) is 3.92. The minimum absolute atomic E-state index is 0.106. The second kappa shape index (κ2) is 7.84. The van der Waals surface area contributed by atoms with Crippen LogP contribution in [0.4, 0.5) is 18.9 Å². The normalized spacial score (nSPS) is 15.8.